The Balaban J connectivity index is 1.63. The van der Waals surface area contributed by atoms with Gasteiger partial charge in [0.15, 0.2) is 10.9 Å². The molecule has 1 N–H and O–H groups in total. The van der Waals surface area contributed by atoms with Gasteiger partial charge in [0.2, 0.25) is 0 Å². The van der Waals surface area contributed by atoms with E-state index in [1.165, 1.54) is 16.6 Å². The lowest BCUT2D eigenvalue weighted by atomic mass is 10.1. The van der Waals surface area contributed by atoms with Crippen molar-refractivity contribution in [2.75, 3.05) is 12.4 Å². The Morgan fingerprint density at radius 2 is 2.12 bits per heavy atom. The summed E-state index contributed by atoms with van der Waals surface area (Å²) in [5.41, 5.74) is 3.03. The molecule has 1 aliphatic carbocycles. The summed E-state index contributed by atoms with van der Waals surface area (Å²) in [7, 11) is 0. The van der Waals surface area contributed by atoms with Crippen LogP contribution in [0.2, 0.25) is 0 Å². The normalized spacial score (nSPS) is 12.8. The quantitative estimate of drug-likeness (QED) is 0.174. The van der Waals surface area contributed by atoms with Gasteiger partial charge in [-0.3, -0.25) is 14.2 Å². The lowest BCUT2D eigenvalue weighted by molar-refractivity contribution is 0.0525. The predicted octanol–water partition coefficient (Wildman–Crippen LogP) is 4.23. The van der Waals surface area contributed by atoms with Crippen LogP contribution in [0.15, 0.2) is 22.6 Å². The molecule has 0 radical (unpaired) electrons. The SMILES string of the molecule is C=CCn1c(SCC(=O)c2[nH]c(C)c(C(=O)OCC)c2C)nc2sc3c(c2c1=O)CCC3. The average molecular weight is 472 g/mol. The summed E-state index contributed by atoms with van der Waals surface area (Å²) in [4.78, 5) is 48.2. The highest BCUT2D eigenvalue weighted by Crippen LogP contribution is 2.35. The van der Waals surface area contributed by atoms with E-state index in [0.29, 0.717) is 34.2 Å². The number of thiophene rings is 1. The monoisotopic (exact) mass is 471 g/mol. The van der Waals surface area contributed by atoms with Crippen LogP contribution in [0.1, 0.15) is 55.9 Å². The van der Waals surface area contributed by atoms with Crippen molar-refractivity contribution < 1.29 is 14.3 Å². The molecule has 0 aromatic carbocycles. The Labute approximate surface area is 193 Å². The van der Waals surface area contributed by atoms with Gasteiger partial charge in [-0.05, 0) is 51.2 Å². The standard InChI is InChI=1S/C23H25N3O4S2/c1-5-10-26-21(28)18-14-8-7-9-16(14)32-20(18)25-23(26)31-11-15(27)19-12(3)17(13(4)24-19)22(29)30-6-2/h5,24H,1,6-11H2,2-4H3. The van der Waals surface area contributed by atoms with E-state index in [0.717, 1.165) is 35.0 Å². The second kappa shape index (κ2) is 9.07. The molecular weight excluding hydrogens is 446 g/mol. The molecule has 3 aromatic rings. The largest absolute Gasteiger partial charge is 0.462 e. The number of nitrogens with one attached hydrogen (secondary N) is 1. The fourth-order valence-electron chi connectivity index (χ4n) is 4.20. The van der Waals surface area contributed by atoms with Crippen LogP contribution in [0.25, 0.3) is 10.2 Å². The third-order valence-electron chi connectivity index (χ3n) is 5.63. The third kappa shape index (κ3) is 3.84. The molecule has 3 heterocycles. The Morgan fingerprint density at radius 1 is 1.34 bits per heavy atom. The molecule has 0 atom stereocenters. The number of Topliss-reactive ketones (excluding diaryl/α,β-unsaturated/α-hetero) is 1. The van der Waals surface area contributed by atoms with Gasteiger partial charge in [-0.2, -0.15) is 0 Å². The number of fused-ring (bicyclic) bond motifs is 3. The second-order valence-corrected chi connectivity index (χ2v) is 9.72. The van der Waals surface area contributed by atoms with Gasteiger partial charge in [0.05, 0.1) is 29.0 Å². The number of ether oxygens (including phenoxy) is 1. The van der Waals surface area contributed by atoms with Crippen LogP contribution in [-0.4, -0.2) is 38.6 Å². The molecule has 0 bridgehead atoms. The van der Waals surface area contributed by atoms with Crippen molar-refractivity contribution in [1.82, 2.24) is 14.5 Å². The van der Waals surface area contributed by atoms with Gasteiger partial charge < -0.3 is 9.72 Å². The first-order valence-corrected chi connectivity index (χ1v) is 12.4. The van der Waals surface area contributed by atoms with Crippen LogP contribution in [-0.2, 0) is 24.1 Å². The summed E-state index contributed by atoms with van der Waals surface area (Å²) in [6.07, 6.45) is 4.65. The minimum atomic E-state index is -0.442. The number of allylic oxidation sites excluding steroid dienone is 1. The van der Waals surface area contributed by atoms with Crippen LogP contribution >= 0.6 is 23.1 Å². The molecule has 168 valence electrons. The van der Waals surface area contributed by atoms with Gasteiger partial charge >= 0.3 is 5.97 Å². The maximum Gasteiger partial charge on any atom is 0.340 e. The Morgan fingerprint density at radius 3 is 2.84 bits per heavy atom. The molecule has 0 spiro atoms. The molecule has 1 aliphatic rings. The van der Waals surface area contributed by atoms with Gasteiger partial charge in [-0.25, -0.2) is 9.78 Å². The zero-order valence-electron chi connectivity index (χ0n) is 18.4. The summed E-state index contributed by atoms with van der Waals surface area (Å²) in [5, 5.41) is 1.22. The van der Waals surface area contributed by atoms with Crippen molar-refractivity contribution >= 4 is 45.1 Å². The molecule has 4 rings (SSSR count). The number of aryl methyl sites for hydroxylation is 3. The fraction of sp³-hybridized carbons (Fsp3) is 0.391. The first-order valence-electron chi connectivity index (χ1n) is 10.6. The number of carbonyl (C=O) groups is 2. The Bertz CT molecular complexity index is 1300. The molecule has 0 unspecified atom stereocenters. The van der Waals surface area contributed by atoms with Crippen LogP contribution < -0.4 is 5.56 Å². The maximum absolute atomic E-state index is 13.2. The van der Waals surface area contributed by atoms with E-state index < -0.39 is 5.97 Å². The van der Waals surface area contributed by atoms with E-state index in [2.05, 4.69) is 11.6 Å². The molecule has 9 heteroatoms. The topological polar surface area (TPSA) is 94.1 Å². The van der Waals surface area contributed by atoms with Gasteiger partial charge in [-0.15, -0.1) is 17.9 Å². The number of hydrogen-bond acceptors (Lipinski definition) is 7. The summed E-state index contributed by atoms with van der Waals surface area (Å²) >= 11 is 2.81. The van der Waals surface area contributed by atoms with E-state index in [-0.39, 0.29) is 23.7 Å². The highest BCUT2D eigenvalue weighted by atomic mass is 32.2. The number of thioether (sulfide) groups is 1. The number of H-pyrrole nitrogens is 1. The van der Waals surface area contributed by atoms with Crippen LogP contribution in [0, 0.1) is 13.8 Å². The maximum atomic E-state index is 13.2. The lowest BCUT2D eigenvalue weighted by Gasteiger charge is -2.10. The molecule has 3 aromatic heterocycles. The highest BCUT2D eigenvalue weighted by molar-refractivity contribution is 7.99. The number of esters is 1. The number of carbonyl (C=O) groups excluding carboxylic acids is 2. The number of aromatic amines is 1. The molecule has 0 fully saturated rings. The number of ketones is 1. The van der Waals surface area contributed by atoms with Gasteiger partial charge in [0, 0.05) is 17.1 Å². The Kier molecular flexibility index (Phi) is 6.39. The van der Waals surface area contributed by atoms with E-state index in [4.69, 9.17) is 9.72 Å². The van der Waals surface area contributed by atoms with Crippen molar-refractivity contribution in [3.63, 3.8) is 0 Å². The number of hydrogen-bond donors (Lipinski definition) is 1. The number of nitrogens with zero attached hydrogens (tertiary/aromatic N) is 2. The van der Waals surface area contributed by atoms with Crippen LogP contribution in [0.3, 0.4) is 0 Å². The minimum absolute atomic E-state index is 0.0688. The molecular formula is C23H25N3O4S2. The van der Waals surface area contributed by atoms with E-state index in [1.54, 1.807) is 42.8 Å². The van der Waals surface area contributed by atoms with E-state index in [1.807, 2.05) is 0 Å². The van der Waals surface area contributed by atoms with Crippen molar-refractivity contribution in [3.05, 3.63) is 56.0 Å². The first-order chi connectivity index (χ1) is 15.4. The molecule has 32 heavy (non-hydrogen) atoms. The fourth-order valence-corrected chi connectivity index (χ4v) is 6.38. The first kappa shape index (κ1) is 22.5. The molecule has 7 nitrogen and oxygen atoms in total. The summed E-state index contributed by atoms with van der Waals surface area (Å²) in [6.45, 7) is 9.59. The molecule has 0 saturated carbocycles. The highest BCUT2D eigenvalue weighted by Gasteiger charge is 2.25. The van der Waals surface area contributed by atoms with Gasteiger partial charge in [0.25, 0.3) is 5.56 Å². The van der Waals surface area contributed by atoms with Crippen molar-refractivity contribution in [2.45, 2.75) is 51.7 Å². The van der Waals surface area contributed by atoms with Crippen LogP contribution in [0.4, 0.5) is 0 Å². The summed E-state index contributed by atoms with van der Waals surface area (Å²) < 4.78 is 6.70. The average Bonchev–Trinajstić information content (AvgIpc) is 3.41. The minimum Gasteiger partial charge on any atom is -0.462 e. The molecule has 0 aliphatic heterocycles. The third-order valence-corrected chi connectivity index (χ3v) is 7.79. The Hall–Kier alpha value is -2.65. The van der Waals surface area contributed by atoms with Crippen molar-refractivity contribution in [1.29, 1.82) is 0 Å². The van der Waals surface area contributed by atoms with E-state index >= 15 is 0 Å². The van der Waals surface area contributed by atoms with Crippen molar-refractivity contribution in [3.8, 4) is 0 Å². The van der Waals surface area contributed by atoms with Crippen LogP contribution in [0.5, 0.6) is 0 Å². The van der Waals surface area contributed by atoms with Gasteiger partial charge in [0.1, 0.15) is 4.83 Å². The molecule has 0 amide bonds. The summed E-state index contributed by atoms with van der Waals surface area (Å²) in [6, 6.07) is 0. The summed E-state index contributed by atoms with van der Waals surface area (Å²) in [5.74, 6) is -0.522. The number of aromatic nitrogens is 3. The van der Waals surface area contributed by atoms with Crippen molar-refractivity contribution in [2.24, 2.45) is 0 Å². The zero-order chi connectivity index (χ0) is 23.0. The number of rotatable bonds is 8. The van der Waals surface area contributed by atoms with Gasteiger partial charge in [-0.1, -0.05) is 17.8 Å². The molecule has 0 saturated heterocycles. The smallest absolute Gasteiger partial charge is 0.340 e. The predicted molar refractivity (Wildman–Crippen MR) is 127 cm³/mol. The van der Waals surface area contributed by atoms with E-state index in [9.17, 15) is 14.4 Å². The lowest BCUT2D eigenvalue weighted by Crippen LogP contribution is -2.23. The second-order valence-electron chi connectivity index (χ2n) is 7.69. The zero-order valence-corrected chi connectivity index (χ0v) is 20.0.